The Morgan fingerprint density at radius 2 is 1.73 bits per heavy atom. The van der Waals surface area contributed by atoms with Crippen molar-refractivity contribution in [3.8, 4) is 0 Å². The molecule has 1 fully saturated rings. The first-order valence-corrected chi connectivity index (χ1v) is 5.75. The molecule has 90 valence electrons. The summed E-state index contributed by atoms with van der Waals surface area (Å²) >= 11 is 0. The molecule has 1 aliphatic carbocycles. The summed E-state index contributed by atoms with van der Waals surface area (Å²) in [7, 11) is 0. The van der Waals surface area contributed by atoms with E-state index in [2.05, 4.69) is 12.2 Å². The molecule has 0 aromatic carbocycles. The molecule has 15 heavy (non-hydrogen) atoms. The topological polar surface area (TPSA) is 12.0 Å². The van der Waals surface area contributed by atoms with Gasteiger partial charge in [0.1, 0.15) is 0 Å². The van der Waals surface area contributed by atoms with Gasteiger partial charge in [-0.15, -0.1) is 0 Å². The molecule has 1 N–H and O–H groups in total. The number of hydrogen-bond acceptors (Lipinski definition) is 1. The lowest BCUT2D eigenvalue weighted by Crippen LogP contribution is -2.37. The van der Waals surface area contributed by atoms with Gasteiger partial charge in [0.2, 0.25) is 0 Å². The summed E-state index contributed by atoms with van der Waals surface area (Å²) in [6.07, 6.45) is -1.95. The van der Waals surface area contributed by atoms with Gasteiger partial charge in [0, 0.05) is 6.04 Å². The average Bonchev–Trinajstić information content (AvgIpc) is 2.17. The molecule has 0 amide bonds. The van der Waals surface area contributed by atoms with Gasteiger partial charge in [-0.25, -0.2) is 0 Å². The molecule has 0 heterocycles. The molecule has 1 atom stereocenters. The normalized spacial score (nSPS) is 30.2. The minimum absolute atomic E-state index is 0.309. The second kappa shape index (κ2) is 5.19. The number of rotatable bonds is 3. The van der Waals surface area contributed by atoms with Gasteiger partial charge in [0.25, 0.3) is 0 Å². The molecule has 0 aliphatic heterocycles. The Labute approximate surface area is 89.4 Å². The zero-order valence-electron chi connectivity index (χ0n) is 9.40. The monoisotopic (exact) mass is 223 g/mol. The Morgan fingerprint density at radius 3 is 2.13 bits per heavy atom. The fourth-order valence-corrected chi connectivity index (χ4v) is 2.44. The summed E-state index contributed by atoms with van der Waals surface area (Å²) in [5.74, 6) is -0.633. The Bertz CT molecular complexity index is 183. The van der Waals surface area contributed by atoms with Crippen LogP contribution in [0.1, 0.15) is 39.5 Å². The lowest BCUT2D eigenvalue weighted by molar-refractivity contribution is -0.184. The third-order valence-corrected chi connectivity index (χ3v) is 3.47. The Morgan fingerprint density at radius 1 is 1.20 bits per heavy atom. The molecule has 0 saturated heterocycles. The quantitative estimate of drug-likeness (QED) is 0.773. The van der Waals surface area contributed by atoms with Crippen LogP contribution >= 0.6 is 0 Å². The van der Waals surface area contributed by atoms with Gasteiger partial charge in [-0.05, 0) is 45.1 Å². The van der Waals surface area contributed by atoms with Crippen molar-refractivity contribution in [2.45, 2.75) is 51.7 Å². The maximum Gasteiger partial charge on any atom is 0.391 e. The van der Waals surface area contributed by atoms with E-state index >= 15 is 0 Å². The zero-order chi connectivity index (χ0) is 11.5. The first-order chi connectivity index (χ1) is 6.95. The highest BCUT2D eigenvalue weighted by molar-refractivity contribution is 4.81. The predicted molar refractivity (Wildman–Crippen MR) is 54.6 cm³/mol. The van der Waals surface area contributed by atoms with Crippen molar-refractivity contribution < 1.29 is 13.2 Å². The standard InChI is InChI=1S/C11H20F3N/c1-3-15-8(2)9-4-6-10(7-5-9)11(12,13)14/h8-10,15H,3-7H2,1-2H3/t8-,9?,10?/m1/s1. The van der Waals surface area contributed by atoms with Crippen molar-refractivity contribution in [1.29, 1.82) is 0 Å². The van der Waals surface area contributed by atoms with Crippen molar-refractivity contribution >= 4 is 0 Å². The summed E-state index contributed by atoms with van der Waals surface area (Å²) in [5.41, 5.74) is 0. The first-order valence-electron chi connectivity index (χ1n) is 5.75. The van der Waals surface area contributed by atoms with E-state index in [9.17, 15) is 13.2 Å². The van der Waals surface area contributed by atoms with Crippen LogP contribution in [0.4, 0.5) is 13.2 Å². The predicted octanol–water partition coefficient (Wildman–Crippen LogP) is 3.35. The third kappa shape index (κ3) is 3.67. The van der Waals surface area contributed by atoms with E-state index in [0.717, 1.165) is 6.54 Å². The summed E-state index contributed by atoms with van der Waals surface area (Å²) in [6, 6.07) is 0.351. The van der Waals surface area contributed by atoms with Crippen LogP contribution in [0.3, 0.4) is 0 Å². The van der Waals surface area contributed by atoms with Gasteiger partial charge in [0.15, 0.2) is 0 Å². The summed E-state index contributed by atoms with van der Waals surface area (Å²) in [5, 5.41) is 3.29. The largest absolute Gasteiger partial charge is 0.391 e. The van der Waals surface area contributed by atoms with Crippen molar-refractivity contribution in [3.63, 3.8) is 0 Å². The molecule has 1 saturated carbocycles. The van der Waals surface area contributed by atoms with Crippen LogP contribution in [-0.4, -0.2) is 18.8 Å². The molecule has 1 aliphatic rings. The van der Waals surface area contributed by atoms with Crippen LogP contribution in [0.25, 0.3) is 0 Å². The number of alkyl halides is 3. The molecule has 0 aromatic rings. The van der Waals surface area contributed by atoms with Crippen LogP contribution in [0.5, 0.6) is 0 Å². The van der Waals surface area contributed by atoms with E-state index in [1.54, 1.807) is 0 Å². The highest BCUT2D eigenvalue weighted by Gasteiger charge is 2.41. The molecule has 0 bridgehead atoms. The van der Waals surface area contributed by atoms with Crippen LogP contribution in [0.15, 0.2) is 0 Å². The Hall–Kier alpha value is -0.250. The highest BCUT2D eigenvalue weighted by atomic mass is 19.4. The first kappa shape index (κ1) is 12.8. The van der Waals surface area contributed by atoms with Crippen LogP contribution < -0.4 is 5.32 Å². The van der Waals surface area contributed by atoms with Crippen LogP contribution in [-0.2, 0) is 0 Å². The summed E-state index contributed by atoms with van der Waals surface area (Å²) in [4.78, 5) is 0. The number of halogens is 3. The molecule has 0 radical (unpaired) electrons. The molecule has 1 nitrogen and oxygen atoms in total. The smallest absolute Gasteiger partial charge is 0.314 e. The van der Waals surface area contributed by atoms with Gasteiger partial charge in [-0.3, -0.25) is 0 Å². The maximum atomic E-state index is 12.4. The van der Waals surface area contributed by atoms with Gasteiger partial charge >= 0.3 is 6.18 Å². The van der Waals surface area contributed by atoms with E-state index in [-0.39, 0.29) is 0 Å². The molecular formula is C11H20F3N. The van der Waals surface area contributed by atoms with E-state index in [0.29, 0.717) is 37.6 Å². The van der Waals surface area contributed by atoms with Crippen molar-refractivity contribution in [2.24, 2.45) is 11.8 Å². The third-order valence-electron chi connectivity index (χ3n) is 3.47. The van der Waals surface area contributed by atoms with E-state index in [1.807, 2.05) is 6.92 Å². The van der Waals surface area contributed by atoms with Gasteiger partial charge in [-0.1, -0.05) is 6.92 Å². The lowest BCUT2D eigenvalue weighted by Gasteiger charge is -2.33. The van der Waals surface area contributed by atoms with Crippen molar-refractivity contribution in [2.75, 3.05) is 6.54 Å². The van der Waals surface area contributed by atoms with Crippen LogP contribution in [0.2, 0.25) is 0 Å². The van der Waals surface area contributed by atoms with E-state index in [4.69, 9.17) is 0 Å². The Kier molecular flexibility index (Phi) is 4.44. The maximum absolute atomic E-state index is 12.4. The number of nitrogens with one attached hydrogen (secondary N) is 1. The van der Waals surface area contributed by atoms with Crippen LogP contribution in [0, 0.1) is 11.8 Å². The minimum Gasteiger partial charge on any atom is -0.314 e. The Balaban J connectivity index is 2.36. The zero-order valence-corrected chi connectivity index (χ0v) is 9.40. The molecule has 0 unspecified atom stereocenters. The van der Waals surface area contributed by atoms with E-state index < -0.39 is 12.1 Å². The highest BCUT2D eigenvalue weighted by Crippen LogP contribution is 2.40. The minimum atomic E-state index is -3.98. The molecule has 0 aromatic heterocycles. The SMILES string of the molecule is CCN[C@H](C)C1CCC(C(F)(F)F)CC1. The number of hydrogen-bond donors (Lipinski definition) is 1. The molecule has 0 spiro atoms. The fraction of sp³-hybridized carbons (Fsp3) is 1.00. The second-order valence-corrected chi connectivity index (χ2v) is 4.50. The summed E-state index contributed by atoms with van der Waals surface area (Å²) < 4.78 is 37.2. The van der Waals surface area contributed by atoms with Gasteiger partial charge in [0.05, 0.1) is 5.92 Å². The van der Waals surface area contributed by atoms with Gasteiger partial charge < -0.3 is 5.32 Å². The van der Waals surface area contributed by atoms with E-state index in [1.165, 1.54) is 0 Å². The molecule has 4 heteroatoms. The van der Waals surface area contributed by atoms with Gasteiger partial charge in [-0.2, -0.15) is 13.2 Å². The lowest BCUT2D eigenvalue weighted by atomic mass is 9.78. The van der Waals surface area contributed by atoms with Crippen molar-refractivity contribution in [3.05, 3.63) is 0 Å². The molecule has 1 rings (SSSR count). The van der Waals surface area contributed by atoms with Crippen molar-refractivity contribution in [1.82, 2.24) is 5.32 Å². The second-order valence-electron chi connectivity index (χ2n) is 4.50. The average molecular weight is 223 g/mol. The fourth-order valence-electron chi connectivity index (χ4n) is 2.44. The molecular weight excluding hydrogens is 203 g/mol. The summed E-state index contributed by atoms with van der Waals surface area (Å²) in [6.45, 7) is 4.99.